The normalized spacial score (nSPS) is 10.1. The zero-order valence-corrected chi connectivity index (χ0v) is 8.68. The molecule has 0 unspecified atom stereocenters. The Morgan fingerprint density at radius 1 is 1.47 bits per heavy atom. The van der Waals surface area contributed by atoms with Gasteiger partial charge >= 0.3 is 6.09 Å². The van der Waals surface area contributed by atoms with Gasteiger partial charge in [-0.25, -0.2) is 4.79 Å². The second kappa shape index (κ2) is 5.55. The summed E-state index contributed by atoms with van der Waals surface area (Å²) in [6, 6.07) is 6.29. The molecular formula is C9H9F2NO2S. The Morgan fingerprint density at radius 2 is 2.13 bits per heavy atom. The summed E-state index contributed by atoms with van der Waals surface area (Å²) < 4.78 is 28.6. The van der Waals surface area contributed by atoms with Crippen molar-refractivity contribution in [1.82, 2.24) is 0 Å². The van der Waals surface area contributed by atoms with Crippen LogP contribution in [0.1, 0.15) is 0 Å². The number of carbonyl (C=O) groups excluding carboxylic acids is 1. The summed E-state index contributed by atoms with van der Waals surface area (Å²) in [4.78, 5) is 11.2. The van der Waals surface area contributed by atoms with Gasteiger partial charge < -0.3 is 4.74 Å². The van der Waals surface area contributed by atoms with Gasteiger partial charge in [0.15, 0.2) is 0 Å². The van der Waals surface area contributed by atoms with Gasteiger partial charge in [0.1, 0.15) is 0 Å². The highest BCUT2D eigenvalue weighted by Gasteiger charge is 2.11. The first-order chi connectivity index (χ1) is 7.13. The Balaban J connectivity index is 2.81. The molecule has 3 nitrogen and oxygen atoms in total. The molecular weight excluding hydrogens is 224 g/mol. The Morgan fingerprint density at radius 3 is 2.73 bits per heavy atom. The number of rotatable bonds is 3. The molecule has 15 heavy (non-hydrogen) atoms. The van der Waals surface area contributed by atoms with Crippen LogP contribution in [0.3, 0.4) is 0 Å². The van der Waals surface area contributed by atoms with E-state index in [1.807, 2.05) is 0 Å². The predicted molar refractivity (Wildman–Crippen MR) is 54.3 cm³/mol. The maximum absolute atomic E-state index is 12.1. The van der Waals surface area contributed by atoms with Crippen molar-refractivity contribution >= 4 is 23.5 Å². The average Bonchev–Trinajstić information content (AvgIpc) is 2.20. The Labute approximate surface area is 89.8 Å². The van der Waals surface area contributed by atoms with Gasteiger partial charge in [-0.3, -0.25) is 5.32 Å². The minimum Gasteiger partial charge on any atom is -0.453 e. The van der Waals surface area contributed by atoms with Crippen molar-refractivity contribution in [3.05, 3.63) is 24.3 Å². The molecule has 1 amide bonds. The molecule has 0 saturated carbocycles. The summed E-state index contributed by atoms with van der Waals surface area (Å²) in [5.41, 5.74) is 0.314. The van der Waals surface area contributed by atoms with E-state index in [0.29, 0.717) is 22.3 Å². The van der Waals surface area contributed by atoms with E-state index < -0.39 is 11.9 Å². The quantitative estimate of drug-likeness (QED) is 0.815. The van der Waals surface area contributed by atoms with Crippen LogP contribution < -0.4 is 5.32 Å². The standard InChI is InChI=1S/C9H9F2NO2S/c1-14-9(13)12-6-4-2-3-5-7(6)15-8(10)11/h2-5,8H,1H3,(H,12,13). The lowest BCUT2D eigenvalue weighted by Gasteiger charge is -2.08. The van der Waals surface area contributed by atoms with Gasteiger partial charge in [-0.2, -0.15) is 8.78 Å². The SMILES string of the molecule is COC(=O)Nc1ccccc1SC(F)F. The summed E-state index contributed by atoms with van der Waals surface area (Å²) in [7, 11) is 1.21. The van der Waals surface area contributed by atoms with E-state index >= 15 is 0 Å². The monoisotopic (exact) mass is 233 g/mol. The van der Waals surface area contributed by atoms with Gasteiger partial charge in [-0.05, 0) is 12.1 Å². The van der Waals surface area contributed by atoms with E-state index in [1.165, 1.54) is 19.2 Å². The fraction of sp³-hybridized carbons (Fsp3) is 0.222. The minimum absolute atomic E-state index is 0.304. The number of ether oxygens (including phenoxy) is 1. The fourth-order valence-electron chi connectivity index (χ4n) is 0.930. The van der Waals surface area contributed by atoms with Crippen molar-refractivity contribution in [1.29, 1.82) is 0 Å². The molecule has 0 fully saturated rings. The third kappa shape index (κ3) is 3.75. The molecule has 82 valence electrons. The zero-order chi connectivity index (χ0) is 11.3. The number of methoxy groups -OCH3 is 1. The molecule has 0 aliphatic carbocycles. The number of hydrogen-bond acceptors (Lipinski definition) is 3. The van der Waals surface area contributed by atoms with Crippen molar-refractivity contribution in [2.24, 2.45) is 0 Å². The number of benzene rings is 1. The Kier molecular flexibility index (Phi) is 4.36. The molecule has 0 aliphatic rings. The van der Waals surface area contributed by atoms with Gasteiger partial charge in [0.2, 0.25) is 0 Å². The van der Waals surface area contributed by atoms with Gasteiger partial charge in [-0.15, -0.1) is 0 Å². The zero-order valence-electron chi connectivity index (χ0n) is 7.87. The molecule has 1 aromatic rings. The number of hydrogen-bond donors (Lipinski definition) is 1. The summed E-state index contributed by atoms with van der Waals surface area (Å²) >= 11 is 0.374. The molecule has 6 heteroatoms. The van der Waals surface area contributed by atoms with Crippen molar-refractivity contribution in [2.45, 2.75) is 10.7 Å². The highest BCUT2D eigenvalue weighted by atomic mass is 32.2. The van der Waals surface area contributed by atoms with Crippen LogP contribution in [0.4, 0.5) is 19.3 Å². The van der Waals surface area contributed by atoms with Crippen LogP contribution in [-0.2, 0) is 4.74 Å². The molecule has 0 radical (unpaired) electrons. The number of halogens is 2. The lowest BCUT2D eigenvalue weighted by atomic mass is 10.3. The molecule has 1 N–H and O–H groups in total. The van der Waals surface area contributed by atoms with Crippen molar-refractivity contribution in [3.8, 4) is 0 Å². The fourth-order valence-corrected chi connectivity index (χ4v) is 1.52. The van der Waals surface area contributed by atoms with Crippen LogP contribution in [-0.4, -0.2) is 19.0 Å². The van der Waals surface area contributed by atoms with Crippen LogP contribution in [0.25, 0.3) is 0 Å². The van der Waals surface area contributed by atoms with E-state index in [9.17, 15) is 13.6 Å². The topological polar surface area (TPSA) is 38.3 Å². The van der Waals surface area contributed by atoms with E-state index in [4.69, 9.17) is 0 Å². The van der Waals surface area contributed by atoms with Crippen molar-refractivity contribution < 1.29 is 18.3 Å². The molecule has 0 aromatic heterocycles. The highest BCUT2D eigenvalue weighted by molar-refractivity contribution is 7.99. The number of alkyl halides is 2. The smallest absolute Gasteiger partial charge is 0.411 e. The second-order valence-corrected chi connectivity index (χ2v) is 3.52. The van der Waals surface area contributed by atoms with E-state index in [2.05, 4.69) is 10.1 Å². The Hall–Kier alpha value is -1.30. The number of carbonyl (C=O) groups is 1. The molecule has 0 saturated heterocycles. The summed E-state index contributed by atoms with van der Waals surface area (Å²) in [6.45, 7) is 0. The van der Waals surface area contributed by atoms with Crippen molar-refractivity contribution in [3.63, 3.8) is 0 Å². The third-order valence-electron chi connectivity index (χ3n) is 1.53. The lowest BCUT2D eigenvalue weighted by Crippen LogP contribution is -2.11. The average molecular weight is 233 g/mol. The van der Waals surface area contributed by atoms with Crippen LogP contribution in [0, 0.1) is 0 Å². The summed E-state index contributed by atoms with van der Waals surface area (Å²) in [6.07, 6.45) is -0.683. The van der Waals surface area contributed by atoms with E-state index in [-0.39, 0.29) is 0 Å². The largest absolute Gasteiger partial charge is 0.453 e. The first kappa shape index (κ1) is 11.8. The van der Waals surface area contributed by atoms with Gasteiger partial charge in [0.05, 0.1) is 12.8 Å². The molecule has 0 aliphatic heterocycles. The number of thioether (sulfide) groups is 1. The number of amides is 1. The molecule has 0 atom stereocenters. The lowest BCUT2D eigenvalue weighted by molar-refractivity contribution is 0.187. The molecule has 1 aromatic carbocycles. The van der Waals surface area contributed by atoms with Gasteiger partial charge in [-0.1, -0.05) is 23.9 Å². The summed E-state index contributed by atoms with van der Waals surface area (Å²) in [5.74, 6) is -2.52. The number of anilines is 1. The van der Waals surface area contributed by atoms with Gasteiger partial charge in [0.25, 0.3) is 5.76 Å². The molecule has 0 heterocycles. The summed E-state index contributed by atoms with van der Waals surface area (Å²) in [5, 5.41) is 2.35. The van der Waals surface area contributed by atoms with E-state index in [0.717, 1.165) is 0 Å². The molecule has 0 spiro atoms. The number of para-hydroxylation sites is 1. The second-order valence-electron chi connectivity index (χ2n) is 2.49. The highest BCUT2D eigenvalue weighted by Crippen LogP contribution is 2.31. The molecule has 0 bridgehead atoms. The number of nitrogens with one attached hydrogen (secondary N) is 1. The maximum Gasteiger partial charge on any atom is 0.411 e. The van der Waals surface area contributed by atoms with Crippen LogP contribution in [0.5, 0.6) is 0 Å². The van der Waals surface area contributed by atoms with Crippen LogP contribution in [0.2, 0.25) is 0 Å². The minimum atomic E-state index is -2.52. The predicted octanol–water partition coefficient (Wildman–Crippen LogP) is 3.18. The van der Waals surface area contributed by atoms with Crippen molar-refractivity contribution in [2.75, 3.05) is 12.4 Å². The van der Waals surface area contributed by atoms with E-state index in [1.54, 1.807) is 12.1 Å². The molecule has 1 rings (SSSR count). The van der Waals surface area contributed by atoms with Gasteiger partial charge in [0, 0.05) is 4.90 Å². The van der Waals surface area contributed by atoms with Crippen LogP contribution in [0.15, 0.2) is 29.2 Å². The Bertz CT molecular complexity index is 347. The first-order valence-corrected chi connectivity index (χ1v) is 4.90. The third-order valence-corrected chi connectivity index (χ3v) is 2.31. The van der Waals surface area contributed by atoms with Crippen LogP contribution >= 0.6 is 11.8 Å². The maximum atomic E-state index is 12.1. The first-order valence-electron chi connectivity index (χ1n) is 4.02.